The number of ether oxygens (including phenoxy) is 2. The molecule has 0 radical (unpaired) electrons. The zero-order chi connectivity index (χ0) is 18.0. The first-order valence-electron chi connectivity index (χ1n) is 7.70. The monoisotopic (exact) mass is 355 g/mol. The highest BCUT2D eigenvalue weighted by atomic mass is 32.1. The van der Waals surface area contributed by atoms with Crippen LogP contribution in [0.4, 0.5) is 0 Å². The lowest BCUT2D eigenvalue weighted by Crippen LogP contribution is -2.14. The highest BCUT2D eigenvalue weighted by Gasteiger charge is 2.21. The molecule has 0 atom stereocenters. The van der Waals surface area contributed by atoms with Crippen LogP contribution in [0.3, 0.4) is 0 Å². The van der Waals surface area contributed by atoms with Gasteiger partial charge < -0.3 is 9.47 Å². The van der Waals surface area contributed by atoms with Gasteiger partial charge in [0.25, 0.3) is 0 Å². The number of aryl methyl sites for hydroxylation is 2. The molecule has 0 aliphatic carbocycles. The van der Waals surface area contributed by atoms with Crippen molar-refractivity contribution in [3.05, 3.63) is 63.0 Å². The highest BCUT2D eigenvalue weighted by Crippen LogP contribution is 2.25. The van der Waals surface area contributed by atoms with Crippen LogP contribution in [0, 0.1) is 13.8 Å². The molecule has 2 heterocycles. The summed E-state index contributed by atoms with van der Waals surface area (Å²) in [6.07, 6.45) is 0. The third-order valence-corrected chi connectivity index (χ3v) is 5.00. The second-order valence-corrected chi connectivity index (χ2v) is 6.49. The van der Waals surface area contributed by atoms with Gasteiger partial charge in [-0.25, -0.2) is 14.6 Å². The van der Waals surface area contributed by atoms with Crippen molar-refractivity contribution in [2.45, 2.75) is 20.5 Å². The lowest BCUT2D eigenvalue weighted by Gasteiger charge is -2.13. The molecular weight excluding hydrogens is 338 g/mol. The molecule has 0 bridgehead atoms. The Kier molecular flexibility index (Phi) is 4.81. The minimum Gasteiger partial charge on any atom is -0.465 e. The summed E-state index contributed by atoms with van der Waals surface area (Å²) in [4.78, 5) is 29.5. The molecular formula is C19H17NO4S. The first kappa shape index (κ1) is 17.1. The van der Waals surface area contributed by atoms with Crippen LogP contribution >= 0.6 is 11.3 Å². The first-order valence-corrected chi connectivity index (χ1v) is 8.58. The van der Waals surface area contributed by atoms with E-state index in [1.54, 1.807) is 0 Å². The number of aromatic nitrogens is 1. The number of benzene rings is 1. The molecule has 6 heteroatoms. The van der Waals surface area contributed by atoms with Crippen molar-refractivity contribution in [2.75, 3.05) is 7.11 Å². The normalized spacial score (nSPS) is 10.7. The van der Waals surface area contributed by atoms with E-state index >= 15 is 0 Å². The smallest absolute Gasteiger partial charge is 0.348 e. The first-order chi connectivity index (χ1) is 12.0. The third-order valence-electron chi connectivity index (χ3n) is 4.00. The van der Waals surface area contributed by atoms with Crippen molar-refractivity contribution < 1.29 is 19.1 Å². The number of hydrogen-bond acceptors (Lipinski definition) is 6. The van der Waals surface area contributed by atoms with Gasteiger partial charge >= 0.3 is 11.9 Å². The Labute approximate surface area is 149 Å². The number of esters is 2. The average molecular weight is 355 g/mol. The van der Waals surface area contributed by atoms with Crippen molar-refractivity contribution in [2.24, 2.45) is 0 Å². The molecule has 0 saturated carbocycles. The van der Waals surface area contributed by atoms with Gasteiger partial charge in [-0.3, -0.25) is 0 Å². The number of fused-ring (bicyclic) bond motifs is 1. The van der Waals surface area contributed by atoms with E-state index in [9.17, 15) is 9.59 Å². The second-order valence-electron chi connectivity index (χ2n) is 5.58. The van der Waals surface area contributed by atoms with Crippen LogP contribution in [0.5, 0.6) is 0 Å². The van der Waals surface area contributed by atoms with Gasteiger partial charge in [0, 0.05) is 5.39 Å². The molecule has 5 nitrogen and oxygen atoms in total. The Morgan fingerprint density at radius 3 is 2.56 bits per heavy atom. The van der Waals surface area contributed by atoms with Gasteiger partial charge in [-0.15, -0.1) is 11.3 Å². The van der Waals surface area contributed by atoms with Crippen LogP contribution in [0.2, 0.25) is 0 Å². The van der Waals surface area contributed by atoms with E-state index in [1.165, 1.54) is 18.4 Å². The molecule has 0 amide bonds. The summed E-state index contributed by atoms with van der Waals surface area (Å²) in [7, 11) is 1.32. The number of carbonyl (C=O) groups excluding carboxylic acids is 2. The zero-order valence-electron chi connectivity index (χ0n) is 14.2. The minimum absolute atomic E-state index is 0.0910. The molecule has 128 valence electrons. The SMILES string of the molecule is COC(=O)c1c(COC(=O)c2sccc2C)nc2ccccc2c1C. The molecule has 0 N–H and O–H groups in total. The van der Waals surface area contributed by atoms with E-state index in [2.05, 4.69) is 4.98 Å². The third kappa shape index (κ3) is 3.25. The molecule has 3 rings (SSSR count). The van der Waals surface area contributed by atoms with E-state index in [0.717, 1.165) is 22.0 Å². The van der Waals surface area contributed by atoms with Crippen molar-refractivity contribution in [3.8, 4) is 0 Å². The Morgan fingerprint density at radius 1 is 1.12 bits per heavy atom. The number of para-hydroxylation sites is 1. The summed E-state index contributed by atoms with van der Waals surface area (Å²) in [6.45, 7) is 3.60. The molecule has 25 heavy (non-hydrogen) atoms. The van der Waals surface area contributed by atoms with E-state index in [1.807, 2.05) is 49.6 Å². The van der Waals surface area contributed by atoms with Gasteiger partial charge in [-0.2, -0.15) is 0 Å². The van der Waals surface area contributed by atoms with Gasteiger partial charge in [0.05, 0.1) is 23.9 Å². The quantitative estimate of drug-likeness (QED) is 0.661. The largest absolute Gasteiger partial charge is 0.465 e. The maximum absolute atomic E-state index is 12.2. The summed E-state index contributed by atoms with van der Waals surface area (Å²) in [6, 6.07) is 9.38. The van der Waals surface area contributed by atoms with E-state index in [-0.39, 0.29) is 6.61 Å². The molecule has 3 aromatic rings. The number of hydrogen-bond donors (Lipinski definition) is 0. The van der Waals surface area contributed by atoms with Gasteiger partial charge in [-0.1, -0.05) is 18.2 Å². The van der Waals surface area contributed by atoms with Gasteiger partial charge in [-0.05, 0) is 42.5 Å². The predicted octanol–water partition coefficient (Wildman–Crippen LogP) is 4.06. The number of nitrogens with zero attached hydrogens (tertiary/aromatic N) is 1. The number of thiophene rings is 1. The lowest BCUT2D eigenvalue weighted by molar-refractivity contribution is 0.0460. The fourth-order valence-electron chi connectivity index (χ4n) is 2.70. The van der Waals surface area contributed by atoms with Crippen molar-refractivity contribution >= 4 is 34.2 Å². The molecule has 2 aromatic heterocycles. The topological polar surface area (TPSA) is 65.5 Å². The minimum atomic E-state index is -0.492. The molecule has 0 aliphatic heterocycles. The molecule has 0 spiro atoms. The van der Waals surface area contributed by atoms with Crippen LogP contribution in [0.1, 0.15) is 36.9 Å². The Bertz CT molecular complexity index is 961. The Hall–Kier alpha value is -2.73. The predicted molar refractivity (Wildman–Crippen MR) is 96.0 cm³/mol. The standard InChI is InChI=1S/C19H17NO4S/c1-11-8-9-25-17(11)19(22)24-10-15-16(18(21)23-3)12(2)13-6-4-5-7-14(13)20-15/h4-9H,10H2,1-3H3. The number of rotatable bonds is 4. The molecule has 0 unspecified atom stereocenters. The number of carbonyl (C=O) groups is 2. The van der Waals surface area contributed by atoms with Crippen LogP contribution in [-0.2, 0) is 16.1 Å². The number of pyridine rings is 1. The van der Waals surface area contributed by atoms with E-state index in [0.29, 0.717) is 16.1 Å². The summed E-state index contributed by atoms with van der Waals surface area (Å²) >= 11 is 1.33. The summed E-state index contributed by atoms with van der Waals surface area (Å²) < 4.78 is 10.3. The Balaban J connectivity index is 1.98. The average Bonchev–Trinajstić information content (AvgIpc) is 3.05. The molecule has 0 fully saturated rings. The van der Waals surface area contributed by atoms with Crippen molar-refractivity contribution in [1.82, 2.24) is 4.98 Å². The fourth-order valence-corrected chi connectivity index (χ4v) is 3.52. The van der Waals surface area contributed by atoms with Crippen molar-refractivity contribution in [3.63, 3.8) is 0 Å². The summed E-state index contributed by atoms with van der Waals surface area (Å²) in [5.41, 5.74) is 3.11. The highest BCUT2D eigenvalue weighted by molar-refractivity contribution is 7.12. The number of methoxy groups -OCH3 is 1. The summed E-state index contributed by atoms with van der Waals surface area (Å²) in [5.74, 6) is -0.912. The fraction of sp³-hybridized carbons (Fsp3) is 0.211. The van der Waals surface area contributed by atoms with Gasteiger partial charge in [0.15, 0.2) is 0 Å². The Morgan fingerprint density at radius 2 is 1.88 bits per heavy atom. The van der Waals surface area contributed by atoms with Gasteiger partial charge in [0.2, 0.25) is 0 Å². The van der Waals surface area contributed by atoms with Crippen LogP contribution in [0.15, 0.2) is 35.7 Å². The van der Waals surface area contributed by atoms with Crippen LogP contribution in [0.25, 0.3) is 10.9 Å². The van der Waals surface area contributed by atoms with Crippen molar-refractivity contribution in [1.29, 1.82) is 0 Å². The second kappa shape index (κ2) is 7.03. The lowest BCUT2D eigenvalue weighted by atomic mass is 10.0. The summed E-state index contributed by atoms with van der Waals surface area (Å²) in [5, 5.41) is 2.71. The van der Waals surface area contributed by atoms with E-state index < -0.39 is 11.9 Å². The molecule has 0 aliphatic rings. The maximum Gasteiger partial charge on any atom is 0.348 e. The van der Waals surface area contributed by atoms with E-state index in [4.69, 9.17) is 9.47 Å². The van der Waals surface area contributed by atoms with Crippen LogP contribution < -0.4 is 0 Å². The zero-order valence-corrected chi connectivity index (χ0v) is 15.0. The molecule has 0 saturated heterocycles. The van der Waals surface area contributed by atoms with Crippen LogP contribution in [-0.4, -0.2) is 24.0 Å². The molecule has 1 aromatic carbocycles. The maximum atomic E-state index is 12.2. The van der Waals surface area contributed by atoms with Gasteiger partial charge in [0.1, 0.15) is 11.5 Å².